The average molecular weight is 406 g/mol. The number of likely N-dealkylation sites (N-methyl/N-ethyl adjacent to an activating group) is 1. The van der Waals surface area contributed by atoms with E-state index in [1.807, 2.05) is 37.4 Å². The lowest BCUT2D eigenvalue weighted by Gasteiger charge is -2.24. The van der Waals surface area contributed by atoms with E-state index in [1.54, 1.807) is 48.8 Å². The third-order valence-corrected chi connectivity index (χ3v) is 5.55. The number of hydrogen-bond acceptors (Lipinski definition) is 4. The normalized spacial score (nSPS) is 11.9. The molecule has 0 saturated heterocycles. The Morgan fingerprint density at radius 2 is 1.78 bits per heavy atom. The van der Waals surface area contributed by atoms with Crippen LogP contribution in [0, 0.1) is 6.92 Å². The Balaban J connectivity index is 1.95. The van der Waals surface area contributed by atoms with E-state index in [9.17, 15) is 9.59 Å². The minimum Gasteiger partial charge on any atom is -0.324 e. The van der Waals surface area contributed by atoms with Crippen molar-refractivity contribution in [3.05, 3.63) is 53.1 Å². The van der Waals surface area contributed by atoms with Gasteiger partial charge in [-0.3, -0.25) is 14.5 Å². The van der Waals surface area contributed by atoms with E-state index in [1.165, 1.54) is 0 Å². The molecule has 2 aromatic rings. The summed E-state index contributed by atoms with van der Waals surface area (Å²) in [7, 11) is 1.75. The van der Waals surface area contributed by atoms with Gasteiger partial charge in [0.25, 0.3) is 0 Å². The Kier molecular flexibility index (Phi) is 7.71. The maximum absolute atomic E-state index is 12.5. The van der Waals surface area contributed by atoms with Gasteiger partial charge in [0, 0.05) is 15.6 Å². The first-order valence-corrected chi connectivity index (χ1v) is 10.1. The summed E-state index contributed by atoms with van der Waals surface area (Å²) in [6, 6.07) is 12.5. The number of amides is 2. The van der Waals surface area contributed by atoms with E-state index in [4.69, 9.17) is 11.6 Å². The second kappa shape index (κ2) is 9.78. The summed E-state index contributed by atoms with van der Waals surface area (Å²) in [5.74, 6) is -0.363. The zero-order valence-corrected chi connectivity index (χ0v) is 17.4. The predicted octanol–water partition coefficient (Wildman–Crippen LogP) is 4.27. The van der Waals surface area contributed by atoms with E-state index >= 15 is 0 Å². The molecular weight excluding hydrogens is 382 g/mol. The Bertz CT molecular complexity index is 829. The van der Waals surface area contributed by atoms with Crippen molar-refractivity contribution in [2.45, 2.75) is 24.8 Å². The fourth-order valence-electron chi connectivity index (χ4n) is 2.48. The van der Waals surface area contributed by atoms with Crippen molar-refractivity contribution in [3.8, 4) is 0 Å². The van der Waals surface area contributed by atoms with E-state index < -0.39 is 6.04 Å². The van der Waals surface area contributed by atoms with Crippen molar-refractivity contribution in [2.24, 2.45) is 0 Å². The van der Waals surface area contributed by atoms with Gasteiger partial charge >= 0.3 is 0 Å². The molecule has 144 valence electrons. The molecule has 1 atom stereocenters. The standard InChI is InChI=1S/C20H24ClN3O2S/c1-13-15(21)8-7-10-16(13)23-20(26)14(2)24(3)12-19(25)22-17-9-5-6-11-18(17)27-4/h5-11,14H,12H2,1-4H3,(H,22,25)(H,23,26). The molecule has 0 aromatic heterocycles. The van der Waals surface area contributed by atoms with E-state index in [-0.39, 0.29) is 18.4 Å². The average Bonchev–Trinajstić information content (AvgIpc) is 2.65. The maximum atomic E-state index is 12.5. The van der Waals surface area contributed by atoms with Crippen LogP contribution in [0.4, 0.5) is 11.4 Å². The Morgan fingerprint density at radius 1 is 1.11 bits per heavy atom. The number of nitrogens with one attached hydrogen (secondary N) is 2. The highest BCUT2D eigenvalue weighted by molar-refractivity contribution is 7.98. The second-order valence-electron chi connectivity index (χ2n) is 6.24. The molecule has 0 bridgehead atoms. The van der Waals surface area contributed by atoms with Gasteiger partial charge in [0.15, 0.2) is 0 Å². The van der Waals surface area contributed by atoms with Crippen molar-refractivity contribution in [3.63, 3.8) is 0 Å². The molecule has 0 radical (unpaired) electrons. The molecule has 2 amide bonds. The van der Waals surface area contributed by atoms with Gasteiger partial charge in [0.1, 0.15) is 0 Å². The van der Waals surface area contributed by atoms with E-state index in [2.05, 4.69) is 10.6 Å². The van der Waals surface area contributed by atoms with Gasteiger partial charge in [0.2, 0.25) is 11.8 Å². The summed E-state index contributed by atoms with van der Waals surface area (Å²) < 4.78 is 0. The van der Waals surface area contributed by atoms with Gasteiger partial charge in [-0.25, -0.2) is 0 Å². The first-order valence-electron chi connectivity index (χ1n) is 8.52. The Labute approximate surface area is 169 Å². The number of carbonyl (C=O) groups excluding carboxylic acids is 2. The molecule has 0 saturated carbocycles. The van der Waals surface area contributed by atoms with Crippen LogP contribution in [-0.4, -0.2) is 42.6 Å². The molecule has 2 aromatic carbocycles. The largest absolute Gasteiger partial charge is 0.324 e. The van der Waals surface area contributed by atoms with Crippen LogP contribution in [-0.2, 0) is 9.59 Å². The van der Waals surface area contributed by atoms with Gasteiger partial charge in [0.05, 0.1) is 18.3 Å². The molecule has 0 aliphatic carbocycles. The number of benzene rings is 2. The monoisotopic (exact) mass is 405 g/mol. The summed E-state index contributed by atoms with van der Waals surface area (Å²) in [4.78, 5) is 27.6. The molecule has 2 rings (SSSR count). The summed E-state index contributed by atoms with van der Waals surface area (Å²) in [6.45, 7) is 3.72. The smallest absolute Gasteiger partial charge is 0.241 e. The van der Waals surface area contributed by atoms with Crippen LogP contribution in [0.25, 0.3) is 0 Å². The van der Waals surface area contributed by atoms with Crippen LogP contribution >= 0.6 is 23.4 Å². The van der Waals surface area contributed by atoms with Crippen LogP contribution in [0.15, 0.2) is 47.4 Å². The van der Waals surface area contributed by atoms with Gasteiger partial charge in [-0.05, 0) is 57.0 Å². The van der Waals surface area contributed by atoms with Crippen molar-refractivity contribution in [2.75, 3.05) is 30.5 Å². The van der Waals surface area contributed by atoms with Gasteiger partial charge < -0.3 is 10.6 Å². The zero-order chi connectivity index (χ0) is 20.0. The molecule has 7 heteroatoms. The van der Waals surface area contributed by atoms with Crippen molar-refractivity contribution in [1.29, 1.82) is 0 Å². The number of para-hydroxylation sites is 1. The summed E-state index contributed by atoms with van der Waals surface area (Å²) >= 11 is 7.66. The number of halogens is 1. The number of thioether (sulfide) groups is 1. The lowest BCUT2D eigenvalue weighted by molar-refractivity contribution is -0.122. The lowest BCUT2D eigenvalue weighted by Crippen LogP contribution is -2.43. The molecule has 27 heavy (non-hydrogen) atoms. The Hall–Kier alpha value is -2.02. The lowest BCUT2D eigenvalue weighted by atomic mass is 10.2. The summed E-state index contributed by atoms with van der Waals surface area (Å²) in [6.07, 6.45) is 1.96. The number of carbonyl (C=O) groups is 2. The number of anilines is 2. The van der Waals surface area contributed by atoms with E-state index in [0.29, 0.717) is 10.7 Å². The SMILES string of the molecule is CSc1ccccc1NC(=O)CN(C)C(C)C(=O)Nc1cccc(Cl)c1C. The molecule has 0 fully saturated rings. The number of nitrogens with zero attached hydrogens (tertiary/aromatic N) is 1. The molecule has 1 unspecified atom stereocenters. The number of rotatable bonds is 7. The molecule has 0 spiro atoms. The van der Waals surface area contributed by atoms with Crippen LogP contribution in [0.1, 0.15) is 12.5 Å². The second-order valence-corrected chi connectivity index (χ2v) is 7.50. The molecule has 0 heterocycles. The van der Waals surface area contributed by atoms with Crippen molar-refractivity contribution >= 4 is 46.6 Å². The first kappa shape index (κ1) is 21.3. The van der Waals surface area contributed by atoms with Crippen molar-refractivity contribution in [1.82, 2.24) is 4.90 Å². The molecular formula is C20H24ClN3O2S. The third-order valence-electron chi connectivity index (χ3n) is 4.34. The number of hydrogen-bond donors (Lipinski definition) is 2. The fourth-order valence-corrected chi connectivity index (χ4v) is 3.21. The topological polar surface area (TPSA) is 61.4 Å². The third kappa shape index (κ3) is 5.73. The quantitative estimate of drug-likeness (QED) is 0.675. The van der Waals surface area contributed by atoms with Gasteiger partial charge in [-0.1, -0.05) is 29.8 Å². The van der Waals surface area contributed by atoms with Gasteiger partial charge in [-0.15, -0.1) is 11.8 Å². The highest BCUT2D eigenvalue weighted by Crippen LogP contribution is 2.25. The summed E-state index contributed by atoms with van der Waals surface area (Å²) in [5.41, 5.74) is 2.26. The molecule has 0 aliphatic rings. The maximum Gasteiger partial charge on any atom is 0.241 e. The van der Waals surface area contributed by atoms with Gasteiger partial charge in [-0.2, -0.15) is 0 Å². The first-order chi connectivity index (χ1) is 12.8. The summed E-state index contributed by atoms with van der Waals surface area (Å²) in [5, 5.41) is 6.37. The highest BCUT2D eigenvalue weighted by atomic mass is 35.5. The van der Waals surface area contributed by atoms with Crippen LogP contribution in [0.2, 0.25) is 5.02 Å². The molecule has 0 aliphatic heterocycles. The predicted molar refractivity (Wildman–Crippen MR) is 114 cm³/mol. The van der Waals surface area contributed by atoms with E-state index in [0.717, 1.165) is 16.1 Å². The minimum atomic E-state index is -0.482. The minimum absolute atomic E-state index is 0.103. The van der Waals surface area contributed by atoms with Crippen molar-refractivity contribution < 1.29 is 9.59 Å². The highest BCUT2D eigenvalue weighted by Gasteiger charge is 2.21. The molecule has 2 N–H and O–H groups in total. The Morgan fingerprint density at radius 3 is 2.48 bits per heavy atom. The fraction of sp³-hybridized carbons (Fsp3) is 0.300. The van der Waals surface area contributed by atoms with Crippen LogP contribution in [0.3, 0.4) is 0 Å². The zero-order valence-electron chi connectivity index (χ0n) is 15.9. The molecule has 5 nitrogen and oxygen atoms in total. The van der Waals surface area contributed by atoms with Crippen LogP contribution in [0.5, 0.6) is 0 Å². The van der Waals surface area contributed by atoms with Crippen LogP contribution < -0.4 is 10.6 Å².